The number of rotatable bonds is 5. The van der Waals surface area contributed by atoms with Crippen LogP contribution >= 0.6 is 23.4 Å². The highest BCUT2D eigenvalue weighted by Crippen LogP contribution is 2.26. The molecule has 0 atom stereocenters. The average molecular weight is 427 g/mol. The van der Waals surface area contributed by atoms with Crippen LogP contribution < -0.4 is 11.2 Å². The lowest BCUT2D eigenvalue weighted by Gasteiger charge is -2.09. The van der Waals surface area contributed by atoms with Gasteiger partial charge in [0.25, 0.3) is 5.56 Å². The van der Waals surface area contributed by atoms with Crippen molar-refractivity contribution in [3.05, 3.63) is 91.1 Å². The number of benzene rings is 2. The molecule has 6 nitrogen and oxygen atoms in total. The smallest absolute Gasteiger partial charge is 0.309 e. The molecule has 2 aromatic heterocycles. The summed E-state index contributed by atoms with van der Waals surface area (Å²) >= 11 is 7.48. The number of nitrogens with zero attached hydrogens (tertiary/aromatic N) is 3. The molecule has 2 heterocycles. The molecule has 4 rings (SSSR count). The molecule has 0 saturated heterocycles. The normalized spacial score (nSPS) is 11.3. The van der Waals surface area contributed by atoms with Crippen molar-refractivity contribution < 1.29 is 0 Å². The maximum Gasteiger partial charge on any atom is 0.329 e. The van der Waals surface area contributed by atoms with Crippen LogP contribution in [-0.4, -0.2) is 19.1 Å². The number of halogens is 1. The minimum absolute atomic E-state index is 0.379. The van der Waals surface area contributed by atoms with Gasteiger partial charge >= 0.3 is 5.69 Å². The van der Waals surface area contributed by atoms with E-state index in [0.717, 1.165) is 11.1 Å². The minimum Gasteiger partial charge on any atom is -0.309 e. The highest BCUT2D eigenvalue weighted by Gasteiger charge is 2.18. The van der Waals surface area contributed by atoms with E-state index in [1.807, 2.05) is 60.0 Å². The van der Waals surface area contributed by atoms with Gasteiger partial charge in [-0.2, -0.15) is 0 Å². The lowest BCUT2D eigenvalue weighted by Crippen LogP contribution is -2.29. The third kappa shape index (κ3) is 4.02. The summed E-state index contributed by atoms with van der Waals surface area (Å²) in [6.07, 6.45) is 0. The van der Waals surface area contributed by atoms with Crippen LogP contribution in [0.4, 0.5) is 0 Å². The number of aromatic nitrogens is 4. The number of thioether (sulfide) groups is 1. The van der Waals surface area contributed by atoms with E-state index >= 15 is 0 Å². The van der Waals surface area contributed by atoms with Crippen LogP contribution in [0.5, 0.6) is 0 Å². The maximum atomic E-state index is 12.6. The molecule has 0 aliphatic rings. The van der Waals surface area contributed by atoms with Gasteiger partial charge in [0.15, 0.2) is 16.3 Å². The third-order valence-electron chi connectivity index (χ3n) is 4.71. The average Bonchev–Trinajstić information content (AvgIpc) is 3.06. The second kappa shape index (κ2) is 7.93. The summed E-state index contributed by atoms with van der Waals surface area (Å²) in [5.74, 6) is 0.667. The lowest BCUT2D eigenvalue weighted by molar-refractivity contribution is 0.728. The first-order valence-corrected chi connectivity index (χ1v) is 10.4. The van der Waals surface area contributed by atoms with E-state index in [2.05, 4.69) is 9.97 Å². The van der Waals surface area contributed by atoms with Crippen LogP contribution in [0.3, 0.4) is 0 Å². The Labute approximate surface area is 176 Å². The number of fused-ring (bicyclic) bond motifs is 1. The number of hydrogen-bond acceptors (Lipinski definition) is 4. The van der Waals surface area contributed by atoms with Crippen LogP contribution in [-0.2, 0) is 19.3 Å². The van der Waals surface area contributed by atoms with Crippen LogP contribution in [0, 0.1) is 6.92 Å². The molecule has 0 bridgehead atoms. The fraction of sp³-hybridized carbons (Fsp3) is 0.190. The van der Waals surface area contributed by atoms with Crippen molar-refractivity contribution >= 4 is 34.5 Å². The molecule has 2 aromatic carbocycles. The van der Waals surface area contributed by atoms with Crippen LogP contribution in [0.1, 0.15) is 16.7 Å². The number of hydrogen-bond donors (Lipinski definition) is 1. The predicted molar refractivity (Wildman–Crippen MR) is 117 cm³/mol. The zero-order chi connectivity index (χ0) is 20.5. The van der Waals surface area contributed by atoms with Gasteiger partial charge in [-0.05, 0) is 30.2 Å². The van der Waals surface area contributed by atoms with Gasteiger partial charge in [0.05, 0.1) is 6.54 Å². The highest BCUT2D eigenvalue weighted by atomic mass is 35.5. The Morgan fingerprint density at radius 1 is 1.03 bits per heavy atom. The molecule has 0 spiro atoms. The maximum absolute atomic E-state index is 12.6. The van der Waals surface area contributed by atoms with Gasteiger partial charge in [-0.15, -0.1) is 0 Å². The van der Waals surface area contributed by atoms with Gasteiger partial charge in [-0.25, -0.2) is 9.78 Å². The van der Waals surface area contributed by atoms with Crippen molar-refractivity contribution in [1.82, 2.24) is 19.1 Å². The van der Waals surface area contributed by atoms with Crippen LogP contribution in [0.2, 0.25) is 5.02 Å². The second-order valence-electron chi connectivity index (χ2n) is 6.87. The zero-order valence-electron chi connectivity index (χ0n) is 16.0. The number of imidazole rings is 1. The van der Waals surface area contributed by atoms with Gasteiger partial charge in [0.2, 0.25) is 0 Å². The van der Waals surface area contributed by atoms with Crippen LogP contribution in [0.15, 0.2) is 63.3 Å². The van der Waals surface area contributed by atoms with E-state index in [-0.39, 0.29) is 0 Å². The second-order valence-corrected chi connectivity index (χ2v) is 8.25. The molecule has 148 valence electrons. The van der Waals surface area contributed by atoms with E-state index in [9.17, 15) is 9.59 Å². The first-order chi connectivity index (χ1) is 13.9. The summed E-state index contributed by atoms with van der Waals surface area (Å²) in [4.78, 5) is 31.6. The fourth-order valence-corrected chi connectivity index (χ4v) is 4.15. The van der Waals surface area contributed by atoms with E-state index in [4.69, 9.17) is 11.6 Å². The topological polar surface area (TPSA) is 72.7 Å². The summed E-state index contributed by atoms with van der Waals surface area (Å²) < 4.78 is 3.24. The van der Waals surface area contributed by atoms with Crippen LogP contribution in [0.25, 0.3) is 11.2 Å². The molecule has 0 radical (unpaired) electrons. The monoisotopic (exact) mass is 426 g/mol. The predicted octanol–water partition coefficient (Wildman–Crippen LogP) is 3.73. The van der Waals surface area contributed by atoms with Crippen molar-refractivity contribution in [2.24, 2.45) is 7.05 Å². The van der Waals surface area contributed by atoms with E-state index in [1.54, 1.807) is 7.05 Å². The number of nitrogens with one attached hydrogen (secondary N) is 1. The molecule has 0 unspecified atom stereocenters. The summed E-state index contributed by atoms with van der Waals surface area (Å²) in [5.41, 5.74) is 3.18. The molecule has 4 aromatic rings. The molecular formula is C21H19ClN4O2S. The molecule has 8 heteroatoms. The number of aryl methyl sites for hydroxylation is 2. The molecule has 1 N–H and O–H groups in total. The van der Waals surface area contributed by atoms with E-state index < -0.39 is 11.2 Å². The summed E-state index contributed by atoms with van der Waals surface area (Å²) in [6.45, 7) is 2.52. The summed E-state index contributed by atoms with van der Waals surface area (Å²) in [5, 5.41) is 1.37. The Hall–Kier alpha value is -2.77. The molecule has 29 heavy (non-hydrogen) atoms. The summed E-state index contributed by atoms with van der Waals surface area (Å²) in [7, 11) is 1.61. The molecule has 0 amide bonds. The van der Waals surface area contributed by atoms with E-state index in [1.165, 1.54) is 21.9 Å². The first-order valence-electron chi connectivity index (χ1n) is 9.04. The van der Waals surface area contributed by atoms with E-state index in [0.29, 0.717) is 33.6 Å². The van der Waals surface area contributed by atoms with Crippen molar-refractivity contribution in [2.45, 2.75) is 24.4 Å². The molecule has 0 aliphatic heterocycles. The molecule has 0 fully saturated rings. The quantitative estimate of drug-likeness (QED) is 0.493. The number of H-pyrrole nitrogens is 1. The Kier molecular flexibility index (Phi) is 5.34. The Bertz CT molecular complexity index is 1290. The molecule has 0 saturated carbocycles. The Morgan fingerprint density at radius 3 is 2.38 bits per heavy atom. The number of aromatic amines is 1. The van der Waals surface area contributed by atoms with Crippen molar-refractivity contribution in [2.75, 3.05) is 0 Å². The fourth-order valence-electron chi connectivity index (χ4n) is 3.08. The Balaban J connectivity index is 1.78. The third-order valence-corrected chi connectivity index (χ3v) is 6.01. The summed E-state index contributed by atoms with van der Waals surface area (Å²) in [6, 6.07) is 15.8. The standard InChI is InChI=1S/C21H19ClN4O2S/c1-13-3-5-14(6-4-13)11-26-17-18(25(2)20(28)24-19(17)27)23-21(26)29-12-15-7-9-16(22)10-8-15/h3-10H,11-12H2,1-2H3,(H,24,27,28). The molecular weight excluding hydrogens is 408 g/mol. The minimum atomic E-state index is -0.475. The van der Waals surface area contributed by atoms with Gasteiger partial charge in [0, 0.05) is 17.8 Å². The van der Waals surface area contributed by atoms with Crippen molar-refractivity contribution in [3.8, 4) is 0 Å². The van der Waals surface area contributed by atoms with Gasteiger partial charge in [-0.3, -0.25) is 14.3 Å². The zero-order valence-corrected chi connectivity index (χ0v) is 17.5. The largest absolute Gasteiger partial charge is 0.329 e. The Morgan fingerprint density at radius 2 is 1.69 bits per heavy atom. The highest BCUT2D eigenvalue weighted by molar-refractivity contribution is 7.98. The van der Waals surface area contributed by atoms with Gasteiger partial charge < -0.3 is 4.57 Å². The van der Waals surface area contributed by atoms with Gasteiger partial charge in [-0.1, -0.05) is 65.3 Å². The van der Waals surface area contributed by atoms with Gasteiger partial charge in [0.1, 0.15) is 0 Å². The van der Waals surface area contributed by atoms with Crippen molar-refractivity contribution in [3.63, 3.8) is 0 Å². The molecule has 0 aliphatic carbocycles. The lowest BCUT2D eigenvalue weighted by atomic mass is 10.1. The van der Waals surface area contributed by atoms with Crippen molar-refractivity contribution in [1.29, 1.82) is 0 Å². The first kappa shape index (κ1) is 19.5. The SMILES string of the molecule is Cc1ccc(Cn2c(SCc3ccc(Cl)cc3)nc3c2c(=O)[nH]c(=O)n3C)cc1.